The lowest BCUT2D eigenvalue weighted by molar-refractivity contribution is -0.0279. The van der Waals surface area contributed by atoms with Crippen molar-refractivity contribution in [2.24, 2.45) is 4.99 Å². The Morgan fingerprint density at radius 1 is 1.22 bits per heavy atom. The average Bonchev–Trinajstić information content (AvgIpc) is 2.49. The van der Waals surface area contributed by atoms with Crippen LogP contribution in [0.4, 0.5) is 0 Å². The number of guanidine groups is 1. The average molecular weight is 431 g/mol. The van der Waals surface area contributed by atoms with Gasteiger partial charge in [0.1, 0.15) is 0 Å². The number of benzene rings is 1. The van der Waals surface area contributed by atoms with Crippen LogP contribution < -0.4 is 10.6 Å². The number of nitrogens with one attached hydrogen (secondary N) is 2. The summed E-state index contributed by atoms with van der Waals surface area (Å²) in [5, 5.41) is 16.7. The Morgan fingerprint density at radius 3 is 2.39 bits per heavy atom. The van der Waals surface area contributed by atoms with Gasteiger partial charge >= 0.3 is 0 Å². The predicted molar refractivity (Wildman–Crippen MR) is 108 cm³/mol. The van der Waals surface area contributed by atoms with E-state index in [2.05, 4.69) is 55.7 Å². The molecule has 1 aliphatic carbocycles. The van der Waals surface area contributed by atoms with Crippen molar-refractivity contribution in [2.75, 3.05) is 19.6 Å². The first-order valence-electron chi connectivity index (χ1n) is 8.25. The molecule has 0 atom stereocenters. The topological polar surface area (TPSA) is 56.7 Å². The molecular weight excluding hydrogens is 401 g/mol. The third-order valence-corrected chi connectivity index (χ3v) is 4.40. The molecule has 0 unspecified atom stereocenters. The molecule has 23 heavy (non-hydrogen) atoms. The molecule has 0 amide bonds. The van der Waals surface area contributed by atoms with Crippen molar-refractivity contribution in [3.8, 4) is 0 Å². The minimum atomic E-state index is -0.537. The van der Waals surface area contributed by atoms with Crippen molar-refractivity contribution >= 4 is 29.9 Å². The first-order valence-corrected chi connectivity index (χ1v) is 8.25. The molecule has 3 N–H and O–H groups in total. The van der Waals surface area contributed by atoms with Crippen LogP contribution in [-0.2, 0) is 5.41 Å². The molecule has 130 valence electrons. The van der Waals surface area contributed by atoms with Crippen LogP contribution in [0.25, 0.3) is 0 Å². The lowest BCUT2D eigenvalue weighted by atomic mass is 9.80. The highest BCUT2D eigenvalue weighted by Gasteiger charge is 2.34. The van der Waals surface area contributed by atoms with Crippen molar-refractivity contribution in [1.82, 2.24) is 10.6 Å². The Labute approximate surface area is 157 Å². The smallest absolute Gasteiger partial charge is 0.191 e. The van der Waals surface area contributed by atoms with Crippen molar-refractivity contribution in [3.63, 3.8) is 0 Å². The molecule has 1 aromatic rings. The summed E-state index contributed by atoms with van der Waals surface area (Å²) in [4.78, 5) is 4.71. The Bertz CT molecular complexity index is 498. The Balaban J connectivity index is 0.00000264. The Hall–Kier alpha value is -0.820. The summed E-state index contributed by atoms with van der Waals surface area (Å²) in [6.07, 6.45) is 2.89. The van der Waals surface area contributed by atoms with Gasteiger partial charge in [-0.05, 0) is 31.7 Å². The Morgan fingerprint density at radius 2 is 1.87 bits per heavy atom. The van der Waals surface area contributed by atoms with Gasteiger partial charge in [-0.3, -0.25) is 4.99 Å². The second-order valence-electron chi connectivity index (χ2n) is 6.88. The third kappa shape index (κ3) is 5.95. The van der Waals surface area contributed by atoms with Crippen molar-refractivity contribution in [1.29, 1.82) is 0 Å². The lowest BCUT2D eigenvalue weighted by Crippen LogP contribution is -2.50. The summed E-state index contributed by atoms with van der Waals surface area (Å²) in [5.74, 6) is 0.784. The number of hydrogen-bond acceptors (Lipinski definition) is 2. The van der Waals surface area contributed by atoms with Gasteiger partial charge < -0.3 is 15.7 Å². The highest BCUT2D eigenvalue weighted by Crippen LogP contribution is 2.30. The van der Waals surface area contributed by atoms with Crippen LogP contribution in [0, 0.1) is 0 Å². The van der Waals surface area contributed by atoms with E-state index in [1.165, 1.54) is 5.56 Å². The summed E-state index contributed by atoms with van der Waals surface area (Å²) in [5.41, 5.74) is 0.731. The van der Waals surface area contributed by atoms with Gasteiger partial charge in [0, 0.05) is 18.5 Å². The van der Waals surface area contributed by atoms with E-state index in [4.69, 9.17) is 4.99 Å². The fraction of sp³-hybridized carbons (Fsp3) is 0.611. The molecule has 2 rings (SSSR count). The quantitative estimate of drug-likeness (QED) is 0.369. The molecule has 1 aromatic carbocycles. The predicted octanol–water partition coefficient (Wildman–Crippen LogP) is 3.05. The van der Waals surface area contributed by atoms with E-state index >= 15 is 0 Å². The monoisotopic (exact) mass is 431 g/mol. The summed E-state index contributed by atoms with van der Waals surface area (Å²) in [6.45, 7) is 8.55. The van der Waals surface area contributed by atoms with Gasteiger partial charge in [0.05, 0.1) is 12.1 Å². The maximum absolute atomic E-state index is 10.2. The summed E-state index contributed by atoms with van der Waals surface area (Å²) in [7, 11) is 0. The maximum atomic E-state index is 10.2. The van der Waals surface area contributed by atoms with Crippen LogP contribution in [0.1, 0.15) is 45.6 Å². The molecule has 0 aliphatic heterocycles. The normalized spacial score (nSPS) is 17.0. The van der Waals surface area contributed by atoms with E-state index in [0.29, 0.717) is 13.1 Å². The third-order valence-electron chi connectivity index (χ3n) is 4.40. The van der Waals surface area contributed by atoms with Gasteiger partial charge in [-0.15, -0.1) is 24.0 Å². The second kappa shape index (κ2) is 8.87. The highest BCUT2D eigenvalue weighted by molar-refractivity contribution is 14.0. The van der Waals surface area contributed by atoms with Crippen LogP contribution in [0.3, 0.4) is 0 Å². The first-order chi connectivity index (χ1) is 10.5. The minimum absolute atomic E-state index is 0. The Kier molecular flexibility index (Phi) is 7.80. The highest BCUT2D eigenvalue weighted by atomic mass is 127. The fourth-order valence-electron chi connectivity index (χ4n) is 2.61. The molecule has 1 aliphatic rings. The molecule has 0 spiro atoms. The standard InChI is InChI=1S/C18H29N3O.HI/c1-4-19-16(21-14-18(22)11-8-12-18)20-13-17(2,3)15-9-6-5-7-10-15;/h5-7,9-10,22H,4,8,11-14H2,1-3H3,(H2,19,20,21);1H. The van der Waals surface area contributed by atoms with Gasteiger partial charge in [0.25, 0.3) is 0 Å². The van der Waals surface area contributed by atoms with E-state index in [1.54, 1.807) is 0 Å². The molecule has 1 fully saturated rings. The lowest BCUT2D eigenvalue weighted by Gasteiger charge is -2.37. The van der Waals surface area contributed by atoms with E-state index in [0.717, 1.165) is 31.8 Å². The van der Waals surface area contributed by atoms with Crippen LogP contribution >= 0.6 is 24.0 Å². The molecule has 0 aromatic heterocycles. The molecule has 0 heterocycles. The van der Waals surface area contributed by atoms with Crippen LogP contribution in [0.5, 0.6) is 0 Å². The van der Waals surface area contributed by atoms with E-state index in [9.17, 15) is 5.11 Å². The fourth-order valence-corrected chi connectivity index (χ4v) is 2.61. The molecule has 0 bridgehead atoms. The molecule has 1 saturated carbocycles. The van der Waals surface area contributed by atoms with Crippen LogP contribution in [-0.4, -0.2) is 36.3 Å². The minimum Gasteiger partial charge on any atom is -0.388 e. The zero-order valence-electron chi connectivity index (χ0n) is 14.4. The zero-order chi connectivity index (χ0) is 16.1. The number of rotatable bonds is 6. The summed E-state index contributed by atoms with van der Waals surface area (Å²) < 4.78 is 0. The van der Waals surface area contributed by atoms with Crippen LogP contribution in [0.15, 0.2) is 35.3 Å². The first kappa shape index (κ1) is 20.2. The summed E-state index contributed by atoms with van der Waals surface area (Å²) >= 11 is 0. The van der Waals surface area contributed by atoms with E-state index in [1.807, 2.05) is 6.07 Å². The number of halogens is 1. The zero-order valence-corrected chi connectivity index (χ0v) is 16.8. The molecule has 4 nitrogen and oxygen atoms in total. The van der Waals surface area contributed by atoms with Crippen molar-refractivity contribution < 1.29 is 5.11 Å². The van der Waals surface area contributed by atoms with Crippen LogP contribution in [0.2, 0.25) is 0 Å². The number of aliphatic imine (C=N–C) groups is 1. The molecule has 0 radical (unpaired) electrons. The van der Waals surface area contributed by atoms with E-state index in [-0.39, 0.29) is 29.4 Å². The molecule has 0 saturated heterocycles. The summed E-state index contributed by atoms with van der Waals surface area (Å²) in [6, 6.07) is 10.5. The van der Waals surface area contributed by atoms with Crippen molar-refractivity contribution in [2.45, 2.75) is 51.0 Å². The van der Waals surface area contributed by atoms with Gasteiger partial charge in [0.2, 0.25) is 0 Å². The largest absolute Gasteiger partial charge is 0.388 e. The van der Waals surface area contributed by atoms with Gasteiger partial charge in [-0.1, -0.05) is 44.2 Å². The van der Waals surface area contributed by atoms with Gasteiger partial charge in [-0.25, -0.2) is 0 Å². The molecular formula is C18H30IN3O. The van der Waals surface area contributed by atoms with Crippen molar-refractivity contribution in [3.05, 3.63) is 35.9 Å². The second-order valence-corrected chi connectivity index (χ2v) is 6.88. The van der Waals surface area contributed by atoms with Gasteiger partial charge in [-0.2, -0.15) is 0 Å². The van der Waals surface area contributed by atoms with E-state index < -0.39 is 5.60 Å². The number of hydrogen-bond donors (Lipinski definition) is 3. The maximum Gasteiger partial charge on any atom is 0.191 e. The molecule has 5 heteroatoms. The number of nitrogens with zero attached hydrogens (tertiary/aromatic N) is 1. The number of aliphatic hydroxyl groups is 1. The SMILES string of the molecule is CCNC(=NCC(C)(C)c1ccccc1)NCC1(O)CCC1.I. The van der Waals surface area contributed by atoms with Gasteiger partial charge in [0.15, 0.2) is 5.96 Å².